The summed E-state index contributed by atoms with van der Waals surface area (Å²) in [5.41, 5.74) is -0.768. The highest BCUT2D eigenvalue weighted by atomic mass is 19.3. The maximum atomic E-state index is 13.5. The molecule has 1 atom stereocenters. The van der Waals surface area contributed by atoms with Gasteiger partial charge in [0.2, 0.25) is 0 Å². The number of nitrogens with zero attached hydrogens (tertiary/aromatic N) is 1. The number of methoxy groups -OCH3 is 1. The number of carbonyl (C=O) groups is 2. The van der Waals surface area contributed by atoms with Crippen molar-refractivity contribution in [1.82, 2.24) is 4.90 Å². The molecule has 104 valence electrons. The number of likely N-dealkylation sites (tertiary alicyclic amines) is 1. The second-order valence-corrected chi connectivity index (χ2v) is 5.20. The lowest BCUT2D eigenvalue weighted by molar-refractivity contribution is -0.155. The van der Waals surface area contributed by atoms with Crippen molar-refractivity contribution in [3.05, 3.63) is 0 Å². The Labute approximate surface area is 104 Å². The smallest absolute Gasteiger partial charge is 0.410 e. The third-order valence-electron chi connectivity index (χ3n) is 2.45. The van der Waals surface area contributed by atoms with E-state index in [-0.39, 0.29) is 0 Å². The van der Waals surface area contributed by atoms with Gasteiger partial charge in [0.1, 0.15) is 11.5 Å². The molecule has 1 aliphatic heterocycles. The number of ether oxygens (including phenoxy) is 2. The molecule has 1 amide bonds. The molecular formula is C11H17F2NO4. The summed E-state index contributed by atoms with van der Waals surface area (Å²) in [6.07, 6.45) is -0.853. The molecule has 0 spiro atoms. The van der Waals surface area contributed by atoms with E-state index in [4.69, 9.17) is 4.74 Å². The lowest BCUT2D eigenvalue weighted by Crippen LogP contribution is -2.36. The van der Waals surface area contributed by atoms with Gasteiger partial charge in [0.25, 0.3) is 5.92 Å². The van der Waals surface area contributed by atoms with Crippen molar-refractivity contribution in [2.75, 3.05) is 20.2 Å². The average Bonchev–Trinajstić information content (AvgIpc) is 2.50. The first-order valence-corrected chi connectivity index (χ1v) is 5.50. The average molecular weight is 265 g/mol. The zero-order chi connectivity index (χ0) is 14.1. The fourth-order valence-electron chi connectivity index (χ4n) is 1.64. The van der Waals surface area contributed by atoms with Gasteiger partial charge in [-0.3, -0.25) is 4.79 Å². The first kappa shape index (κ1) is 14.7. The fourth-order valence-corrected chi connectivity index (χ4v) is 1.64. The molecule has 7 heteroatoms. The van der Waals surface area contributed by atoms with Crippen LogP contribution in [0.2, 0.25) is 0 Å². The van der Waals surface area contributed by atoms with Crippen LogP contribution in [0.1, 0.15) is 20.8 Å². The fraction of sp³-hybridized carbons (Fsp3) is 0.818. The molecule has 1 aliphatic rings. The van der Waals surface area contributed by atoms with E-state index in [1.54, 1.807) is 20.8 Å². The van der Waals surface area contributed by atoms with Gasteiger partial charge in [0.05, 0.1) is 13.7 Å². The van der Waals surface area contributed by atoms with Gasteiger partial charge in [-0.15, -0.1) is 0 Å². The van der Waals surface area contributed by atoms with Crippen LogP contribution in [0.15, 0.2) is 0 Å². The maximum absolute atomic E-state index is 13.5. The van der Waals surface area contributed by atoms with E-state index in [1.165, 1.54) is 0 Å². The summed E-state index contributed by atoms with van der Waals surface area (Å²) in [4.78, 5) is 23.7. The zero-order valence-electron chi connectivity index (χ0n) is 10.8. The normalized spacial score (nSPS) is 22.8. The summed E-state index contributed by atoms with van der Waals surface area (Å²) < 4.78 is 36.4. The maximum Gasteiger partial charge on any atom is 0.410 e. The van der Waals surface area contributed by atoms with Gasteiger partial charge in [-0.2, -0.15) is 0 Å². The first-order chi connectivity index (χ1) is 8.07. The predicted octanol–water partition coefficient (Wildman–Crippen LogP) is 1.66. The monoisotopic (exact) mass is 265 g/mol. The van der Waals surface area contributed by atoms with Crippen LogP contribution < -0.4 is 0 Å². The molecule has 1 heterocycles. The Hall–Kier alpha value is -1.40. The number of halogens is 2. The lowest BCUT2D eigenvalue weighted by atomic mass is 10.1. The van der Waals surface area contributed by atoms with Crippen LogP contribution in [0.25, 0.3) is 0 Å². The second kappa shape index (κ2) is 4.70. The molecule has 1 rings (SSSR count). The Bertz CT molecular complexity index is 351. The number of amides is 1. The van der Waals surface area contributed by atoms with Crippen molar-refractivity contribution >= 4 is 12.1 Å². The van der Waals surface area contributed by atoms with Gasteiger partial charge in [-0.25, -0.2) is 13.6 Å². The van der Waals surface area contributed by atoms with Gasteiger partial charge in [0, 0.05) is 6.54 Å². The van der Waals surface area contributed by atoms with Gasteiger partial charge in [-0.1, -0.05) is 0 Å². The molecule has 0 N–H and O–H groups in total. The third kappa shape index (κ3) is 3.30. The summed E-state index contributed by atoms with van der Waals surface area (Å²) >= 11 is 0. The van der Waals surface area contributed by atoms with Crippen molar-refractivity contribution in [1.29, 1.82) is 0 Å². The van der Waals surface area contributed by atoms with Gasteiger partial charge in [0.15, 0.2) is 0 Å². The number of esters is 1. The van der Waals surface area contributed by atoms with E-state index in [9.17, 15) is 18.4 Å². The number of carbonyl (C=O) groups excluding carboxylic acids is 2. The van der Waals surface area contributed by atoms with Crippen LogP contribution in [-0.4, -0.2) is 48.7 Å². The summed E-state index contributed by atoms with van der Waals surface area (Å²) in [6.45, 7) is 3.68. The Kier molecular flexibility index (Phi) is 3.83. The van der Waals surface area contributed by atoms with Crippen molar-refractivity contribution in [2.45, 2.75) is 32.3 Å². The predicted molar refractivity (Wildman–Crippen MR) is 58.3 cm³/mol. The number of rotatable bonds is 1. The lowest BCUT2D eigenvalue weighted by Gasteiger charge is -2.24. The van der Waals surface area contributed by atoms with E-state index in [0.717, 1.165) is 12.0 Å². The summed E-state index contributed by atoms with van der Waals surface area (Å²) in [5, 5.41) is 0. The Balaban J connectivity index is 2.74. The van der Waals surface area contributed by atoms with Crippen molar-refractivity contribution in [2.24, 2.45) is 5.92 Å². The molecule has 1 saturated heterocycles. The minimum Gasteiger partial charge on any atom is -0.469 e. The Morgan fingerprint density at radius 3 is 2.33 bits per heavy atom. The summed E-state index contributed by atoms with van der Waals surface area (Å²) in [7, 11) is 1.04. The molecule has 0 saturated carbocycles. The van der Waals surface area contributed by atoms with Gasteiger partial charge in [-0.05, 0) is 20.8 Å². The summed E-state index contributed by atoms with van der Waals surface area (Å²) in [5.74, 6) is -5.94. The molecule has 1 fully saturated rings. The van der Waals surface area contributed by atoms with Crippen LogP contribution in [0.4, 0.5) is 13.6 Å². The SMILES string of the molecule is COC(=O)C1CN(C(=O)OC(C)(C)C)CC1(F)F. The highest BCUT2D eigenvalue weighted by Gasteiger charge is 2.54. The number of hydrogen-bond donors (Lipinski definition) is 0. The number of hydrogen-bond acceptors (Lipinski definition) is 4. The van der Waals surface area contributed by atoms with E-state index >= 15 is 0 Å². The van der Waals surface area contributed by atoms with Crippen molar-refractivity contribution in [3.8, 4) is 0 Å². The number of alkyl halides is 2. The first-order valence-electron chi connectivity index (χ1n) is 5.50. The standard InChI is InChI=1S/C11H17F2NO4/c1-10(2,3)18-9(16)14-5-7(8(15)17-4)11(12,13)6-14/h7H,5-6H2,1-4H3. The van der Waals surface area contributed by atoms with Crippen LogP contribution in [0.5, 0.6) is 0 Å². The van der Waals surface area contributed by atoms with E-state index in [2.05, 4.69) is 4.74 Å². The van der Waals surface area contributed by atoms with Crippen LogP contribution in [0, 0.1) is 5.92 Å². The Morgan fingerprint density at radius 2 is 1.89 bits per heavy atom. The highest BCUT2D eigenvalue weighted by Crippen LogP contribution is 2.34. The minimum atomic E-state index is -3.29. The largest absolute Gasteiger partial charge is 0.469 e. The molecule has 0 aromatic carbocycles. The van der Waals surface area contributed by atoms with Gasteiger partial charge >= 0.3 is 12.1 Å². The molecule has 18 heavy (non-hydrogen) atoms. The molecule has 0 bridgehead atoms. The molecular weight excluding hydrogens is 248 g/mol. The van der Waals surface area contributed by atoms with Gasteiger partial charge < -0.3 is 14.4 Å². The van der Waals surface area contributed by atoms with E-state index in [0.29, 0.717) is 0 Å². The molecule has 0 aliphatic carbocycles. The van der Waals surface area contributed by atoms with Crippen LogP contribution in [0.3, 0.4) is 0 Å². The summed E-state index contributed by atoms with van der Waals surface area (Å²) in [6, 6.07) is 0. The van der Waals surface area contributed by atoms with E-state index in [1.807, 2.05) is 0 Å². The van der Waals surface area contributed by atoms with Crippen molar-refractivity contribution < 1.29 is 27.8 Å². The molecule has 1 unspecified atom stereocenters. The molecule has 0 aromatic rings. The van der Waals surface area contributed by atoms with Crippen molar-refractivity contribution in [3.63, 3.8) is 0 Å². The quantitative estimate of drug-likeness (QED) is 0.677. The zero-order valence-corrected chi connectivity index (χ0v) is 10.8. The highest BCUT2D eigenvalue weighted by molar-refractivity contribution is 5.77. The molecule has 5 nitrogen and oxygen atoms in total. The Morgan fingerprint density at radius 1 is 1.33 bits per heavy atom. The van der Waals surface area contributed by atoms with Crippen LogP contribution in [-0.2, 0) is 14.3 Å². The molecule has 0 aromatic heterocycles. The topological polar surface area (TPSA) is 55.8 Å². The third-order valence-corrected chi connectivity index (χ3v) is 2.45. The van der Waals surface area contributed by atoms with E-state index < -0.39 is 42.6 Å². The molecule has 0 radical (unpaired) electrons. The second-order valence-electron chi connectivity index (χ2n) is 5.20. The van der Waals surface area contributed by atoms with Crippen LogP contribution >= 0.6 is 0 Å². The minimum absolute atomic E-state index is 0.394.